The van der Waals surface area contributed by atoms with Crippen LogP contribution in [0.5, 0.6) is 11.5 Å². The minimum atomic E-state index is -0.407. The zero-order valence-electron chi connectivity index (χ0n) is 26.7. The first-order valence-corrected chi connectivity index (χ1v) is 13.7. The summed E-state index contributed by atoms with van der Waals surface area (Å²) in [5.41, 5.74) is 6.16. The molecule has 0 radical (unpaired) electrons. The molecule has 0 aliphatic carbocycles. The van der Waals surface area contributed by atoms with Crippen molar-refractivity contribution in [3.63, 3.8) is 0 Å². The third-order valence-electron chi connectivity index (χ3n) is 6.91. The predicted molar refractivity (Wildman–Crippen MR) is 164 cm³/mol. The van der Waals surface area contributed by atoms with Crippen molar-refractivity contribution in [2.24, 2.45) is 0 Å². The predicted octanol–water partition coefficient (Wildman–Crippen LogP) is 8.30. The van der Waals surface area contributed by atoms with Gasteiger partial charge in [0, 0.05) is 56.0 Å². The minimum absolute atomic E-state index is 0. The van der Waals surface area contributed by atoms with Gasteiger partial charge >= 0.3 is 0 Å². The molecule has 0 N–H and O–H groups in total. The number of para-hydroxylation sites is 3. The first-order chi connectivity index (χ1) is 22.4. The Bertz CT molecular complexity index is 2270. The molecule has 8 heteroatoms. The molecule has 0 atom stereocenters. The maximum Gasteiger partial charge on any atom is 0.215 e. The monoisotopic (exact) mass is 748 g/mol. The molecule has 7 aromatic rings. The van der Waals surface area contributed by atoms with E-state index in [2.05, 4.69) is 28.4 Å². The molecule has 0 fully saturated rings. The van der Waals surface area contributed by atoms with E-state index in [0.29, 0.717) is 17.2 Å². The van der Waals surface area contributed by atoms with Gasteiger partial charge in [0.1, 0.15) is 5.51 Å². The van der Waals surface area contributed by atoms with Gasteiger partial charge in [-0.2, -0.15) is 18.8 Å². The summed E-state index contributed by atoms with van der Waals surface area (Å²) in [6, 6.07) is 30.7. The van der Waals surface area contributed by atoms with E-state index in [1.54, 1.807) is 5.51 Å². The van der Waals surface area contributed by atoms with Gasteiger partial charge < -0.3 is 19.1 Å². The van der Waals surface area contributed by atoms with E-state index in [1.807, 2.05) is 93.8 Å². The zero-order valence-corrected chi connectivity index (χ0v) is 24.8. The fourth-order valence-electron chi connectivity index (χ4n) is 5.17. The van der Waals surface area contributed by atoms with Gasteiger partial charge in [0.15, 0.2) is 0 Å². The molecular weight excluding hydrogens is 722 g/mol. The largest absolute Gasteiger partial charge is 0.509 e. The summed E-state index contributed by atoms with van der Waals surface area (Å²) in [5.74, 6) is 1.00. The van der Waals surface area contributed by atoms with Crippen molar-refractivity contribution in [3.05, 3.63) is 139 Å². The molecule has 1 aliphatic heterocycles. The zero-order chi connectivity index (χ0) is 31.5. The van der Waals surface area contributed by atoms with Gasteiger partial charge in [-0.1, -0.05) is 77.4 Å². The molecule has 3 heterocycles. The van der Waals surface area contributed by atoms with Crippen LogP contribution in [0.3, 0.4) is 0 Å². The molecule has 8 rings (SSSR count). The maximum absolute atomic E-state index is 8.41. The van der Waals surface area contributed by atoms with Crippen LogP contribution in [0, 0.1) is 18.8 Å². The number of benzene rings is 5. The Morgan fingerprint density at radius 2 is 1.64 bits per heavy atom. The Balaban J connectivity index is 0.00000351. The number of hydrogen-bond donors (Lipinski definition) is 0. The van der Waals surface area contributed by atoms with E-state index in [4.69, 9.17) is 11.6 Å². The van der Waals surface area contributed by atoms with Crippen LogP contribution in [0.2, 0.25) is 0 Å². The van der Waals surface area contributed by atoms with Crippen LogP contribution in [0.15, 0.2) is 115 Å². The van der Waals surface area contributed by atoms with Gasteiger partial charge in [0.2, 0.25) is 5.13 Å². The van der Waals surface area contributed by atoms with Crippen molar-refractivity contribution in [3.8, 4) is 16.6 Å². The van der Waals surface area contributed by atoms with Crippen LogP contribution < -0.4 is 14.5 Å². The summed E-state index contributed by atoms with van der Waals surface area (Å²) in [4.78, 5) is 3.82. The first kappa shape index (κ1) is 21.3. The second-order valence-electron chi connectivity index (χ2n) is 9.37. The van der Waals surface area contributed by atoms with Crippen molar-refractivity contribution < 1.29 is 32.7 Å². The summed E-state index contributed by atoms with van der Waals surface area (Å²) in [5, 5.41) is 11.2. The average molecular weight is 749 g/mol. The summed E-state index contributed by atoms with van der Waals surface area (Å²) in [7, 11) is 0. The van der Waals surface area contributed by atoms with E-state index in [9.17, 15) is 0 Å². The SMILES string of the molecule is [2H]c1c([2H])c([2H])c(CN2[CH-]N(c3[c-]c(Oc4[c-]c5c(cc4)c4ccccc4n5-c4nncs4)ccc3)c3ccccc32)c([2H])c1[2H].[Pt]. The molecule has 5 aromatic carbocycles. The minimum Gasteiger partial charge on any atom is -0.509 e. The van der Waals surface area contributed by atoms with Crippen molar-refractivity contribution in [1.82, 2.24) is 14.8 Å². The molecule has 0 saturated carbocycles. The van der Waals surface area contributed by atoms with E-state index in [-0.39, 0.29) is 57.3 Å². The third kappa shape index (κ3) is 4.65. The molecule has 42 heavy (non-hydrogen) atoms. The molecule has 0 unspecified atom stereocenters. The molecule has 208 valence electrons. The van der Waals surface area contributed by atoms with Gasteiger partial charge in [0.25, 0.3) is 0 Å². The third-order valence-corrected chi connectivity index (χ3v) is 7.59. The molecule has 0 bridgehead atoms. The Morgan fingerprint density at radius 3 is 2.50 bits per heavy atom. The van der Waals surface area contributed by atoms with Gasteiger partial charge in [-0.15, -0.1) is 51.6 Å². The van der Waals surface area contributed by atoms with E-state index in [0.717, 1.165) is 38.3 Å². The fourth-order valence-corrected chi connectivity index (χ4v) is 5.75. The van der Waals surface area contributed by atoms with Gasteiger partial charge in [-0.05, 0) is 29.1 Å². The quantitative estimate of drug-likeness (QED) is 0.160. The molecular formula is C34H22N5OPtS-3. The standard InChI is InChI=1S/C34H22N5OS.Pt/c1-2-9-24(10-3-1)21-37-23-38(32-16-7-6-15-31(32)37)25-11-8-12-26(19-25)40-27-17-18-29-28-13-4-5-14-30(28)39(33(29)20-27)34-36-35-22-41-34;/h1-18,22-23H,21H2;/q-3;/i1D,2D,3D,9D,10D;. The van der Waals surface area contributed by atoms with Crippen LogP contribution in [0.25, 0.3) is 26.9 Å². The molecule has 1 aliphatic rings. The van der Waals surface area contributed by atoms with Crippen molar-refractivity contribution in [2.45, 2.75) is 6.54 Å². The number of rotatable bonds is 6. The number of ether oxygens (including phenoxy) is 1. The maximum atomic E-state index is 8.41. The molecule has 0 amide bonds. The summed E-state index contributed by atoms with van der Waals surface area (Å²) in [6.07, 6.45) is 0. The van der Waals surface area contributed by atoms with E-state index < -0.39 is 6.04 Å². The number of hydrogen-bond acceptors (Lipinski definition) is 6. The second-order valence-corrected chi connectivity index (χ2v) is 10.2. The second kappa shape index (κ2) is 11.1. The van der Waals surface area contributed by atoms with Crippen molar-refractivity contribution >= 4 is 50.2 Å². The number of anilines is 3. The van der Waals surface area contributed by atoms with E-state index >= 15 is 0 Å². The normalized spacial score (nSPS) is 14.1. The number of aromatic nitrogens is 3. The molecule has 2 aromatic heterocycles. The Hall–Kier alpha value is -4.45. The topological polar surface area (TPSA) is 46.4 Å². The van der Waals surface area contributed by atoms with Crippen LogP contribution >= 0.6 is 11.3 Å². The summed E-state index contributed by atoms with van der Waals surface area (Å²) in [6.45, 7) is 1.94. The van der Waals surface area contributed by atoms with Crippen LogP contribution in [0.1, 0.15) is 12.4 Å². The molecule has 0 spiro atoms. The first-order valence-electron chi connectivity index (χ1n) is 15.4. The average Bonchev–Trinajstić information content (AvgIpc) is 3.81. The number of fused-ring (bicyclic) bond motifs is 4. The molecule has 0 saturated heterocycles. The van der Waals surface area contributed by atoms with Crippen LogP contribution in [0.4, 0.5) is 17.1 Å². The summed E-state index contributed by atoms with van der Waals surface area (Å²) < 4.78 is 49.3. The van der Waals surface area contributed by atoms with E-state index in [1.165, 1.54) is 11.3 Å². The number of nitrogens with zero attached hydrogens (tertiary/aromatic N) is 5. The van der Waals surface area contributed by atoms with Gasteiger partial charge in [-0.25, -0.2) is 0 Å². The van der Waals surface area contributed by atoms with Crippen molar-refractivity contribution in [2.75, 3.05) is 9.80 Å². The van der Waals surface area contributed by atoms with Crippen LogP contribution in [-0.2, 0) is 27.6 Å². The fraction of sp³-hybridized carbons (Fsp3) is 0.0294. The van der Waals surface area contributed by atoms with Crippen molar-refractivity contribution in [1.29, 1.82) is 0 Å². The Kier molecular flexibility index (Phi) is 5.62. The van der Waals surface area contributed by atoms with Gasteiger partial charge in [-0.3, -0.25) is 0 Å². The Labute approximate surface area is 268 Å². The Morgan fingerprint density at radius 1 is 0.833 bits per heavy atom. The van der Waals surface area contributed by atoms with Gasteiger partial charge in [0.05, 0.1) is 6.85 Å². The van der Waals surface area contributed by atoms with Crippen LogP contribution in [-0.4, -0.2) is 14.8 Å². The summed E-state index contributed by atoms with van der Waals surface area (Å²) >= 11 is 1.45. The molecule has 6 nitrogen and oxygen atoms in total. The smallest absolute Gasteiger partial charge is 0.215 e.